The van der Waals surface area contributed by atoms with E-state index in [4.69, 9.17) is 0 Å². The average molecular weight is 356 g/mol. The van der Waals surface area contributed by atoms with Crippen molar-refractivity contribution in [3.05, 3.63) is 35.9 Å². The van der Waals surface area contributed by atoms with Crippen LogP contribution in [0.15, 0.2) is 30.3 Å². The van der Waals surface area contributed by atoms with E-state index in [9.17, 15) is 14.4 Å². The molecule has 2 fully saturated rings. The maximum absolute atomic E-state index is 13.2. The van der Waals surface area contributed by atoms with Gasteiger partial charge in [0, 0.05) is 12.6 Å². The van der Waals surface area contributed by atoms with Crippen molar-refractivity contribution in [1.82, 2.24) is 9.80 Å². The number of rotatable bonds is 4. The molecule has 0 radical (unpaired) electrons. The lowest BCUT2D eigenvalue weighted by atomic mass is 9.81. The van der Waals surface area contributed by atoms with Crippen molar-refractivity contribution >= 4 is 17.7 Å². The standard InChI is InChI=1S/C21H28N2O3/c1-14(19(24)17-12-8-5-9-13-17)20(25)23-18(15(2)22(3)21(23)26)16-10-6-4-7-11-16/h5,8-9,12-16,18H,4,6-7,10-11H2,1-3H3/t14-,15-,18-/m0/s1. The SMILES string of the molecule is C[C@@H](C(=O)c1ccccc1)C(=O)N1C(=O)N(C)[C@@H](C)[C@H]1C1CCCCC1. The largest absolute Gasteiger partial charge is 0.327 e. The van der Waals surface area contributed by atoms with Crippen LogP contribution in [-0.4, -0.2) is 46.7 Å². The number of nitrogens with zero attached hydrogens (tertiary/aromatic N) is 2. The van der Waals surface area contributed by atoms with Gasteiger partial charge in [-0.1, -0.05) is 49.6 Å². The normalized spacial score (nSPS) is 25.4. The zero-order valence-electron chi connectivity index (χ0n) is 15.9. The second kappa shape index (κ2) is 7.60. The molecule has 26 heavy (non-hydrogen) atoms. The molecular formula is C21H28N2O3. The van der Waals surface area contributed by atoms with Gasteiger partial charge in [0.1, 0.15) is 0 Å². The molecule has 5 heteroatoms. The first-order valence-electron chi connectivity index (χ1n) is 9.62. The Morgan fingerprint density at radius 3 is 2.31 bits per heavy atom. The molecule has 1 heterocycles. The van der Waals surface area contributed by atoms with E-state index in [1.54, 1.807) is 43.1 Å². The van der Waals surface area contributed by atoms with E-state index in [-0.39, 0.29) is 29.8 Å². The van der Waals surface area contributed by atoms with Gasteiger partial charge < -0.3 is 4.90 Å². The minimum absolute atomic E-state index is 0.0198. The summed E-state index contributed by atoms with van der Waals surface area (Å²) in [4.78, 5) is 41.7. The molecule has 1 saturated heterocycles. The molecular weight excluding hydrogens is 328 g/mol. The van der Waals surface area contributed by atoms with Crippen molar-refractivity contribution in [2.75, 3.05) is 7.05 Å². The summed E-state index contributed by atoms with van der Waals surface area (Å²) in [5.41, 5.74) is 0.510. The minimum Gasteiger partial charge on any atom is -0.323 e. The van der Waals surface area contributed by atoms with Gasteiger partial charge >= 0.3 is 6.03 Å². The topological polar surface area (TPSA) is 57.7 Å². The van der Waals surface area contributed by atoms with Crippen LogP contribution in [0.25, 0.3) is 0 Å². The summed E-state index contributed by atoms with van der Waals surface area (Å²) in [7, 11) is 1.75. The van der Waals surface area contributed by atoms with Crippen molar-refractivity contribution in [1.29, 1.82) is 0 Å². The Balaban J connectivity index is 1.85. The molecule has 0 unspecified atom stereocenters. The van der Waals surface area contributed by atoms with Crippen molar-refractivity contribution in [2.45, 2.75) is 58.0 Å². The van der Waals surface area contributed by atoms with Gasteiger partial charge in [-0.25, -0.2) is 4.79 Å². The number of carbonyl (C=O) groups excluding carboxylic acids is 3. The third-order valence-electron chi connectivity index (χ3n) is 6.10. The van der Waals surface area contributed by atoms with Gasteiger partial charge in [-0.3, -0.25) is 14.5 Å². The number of hydrogen-bond acceptors (Lipinski definition) is 3. The summed E-state index contributed by atoms with van der Waals surface area (Å²) in [5, 5.41) is 0. The van der Waals surface area contributed by atoms with Crippen LogP contribution in [0.5, 0.6) is 0 Å². The van der Waals surface area contributed by atoms with Crippen LogP contribution in [-0.2, 0) is 4.79 Å². The molecule has 0 bridgehead atoms. The fourth-order valence-corrected chi connectivity index (χ4v) is 4.41. The van der Waals surface area contributed by atoms with Crippen molar-refractivity contribution in [2.24, 2.45) is 11.8 Å². The Morgan fingerprint density at radius 1 is 1.08 bits per heavy atom. The summed E-state index contributed by atoms with van der Waals surface area (Å²) in [6, 6.07) is 8.41. The van der Waals surface area contributed by atoms with Crippen molar-refractivity contribution in [3.8, 4) is 0 Å². The highest BCUT2D eigenvalue weighted by molar-refractivity contribution is 6.13. The van der Waals surface area contributed by atoms with Crippen molar-refractivity contribution < 1.29 is 14.4 Å². The smallest absolute Gasteiger partial charge is 0.323 e. The first-order valence-corrected chi connectivity index (χ1v) is 9.62. The van der Waals surface area contributed by atoms with Crippen LogP contribution in [0.1, 0.15) is 56.3 Å². The predicted octanol–water partition coefficient (Wildman–Crippen LogP) is 3.74. The van der Waals surface area contributed by atoms with Gasteiger partial charge in [-0.05, 0) is 32.6 Å². The van der Waals surface area contributed by atoms with Crippen LogP contribution < -0.4 is 0 Å². The van der Waals surface area contributed by atoms with E-state index in [2.05, 4.69) is 0 Å². The van der Waals surface area contributed by atoms with Crippen LogP contribution in [0.2, 0.25) is 0 Å². The summed E-state index contributed by atoms with van der Waals surface area (Å²) in [6.07, 6.45) is 5.60. The number of carbonyl (C=O) groups is 3. The third kappa shape index (κ3) is 3.27. The number of benzene rings is 1. The summed E-state index contributed by atoms with van der Waals surface area (Å²) >= 11 is 0. The molecule has 3 atom stereocenters. The molecule has 1 aromatic carbocycles. The number of likely N-dealkylation sites (N-methyl/N-ethyl adjacent to an activating group) is 1. The maximum Gasteiger partial charge on any atom is 0.327 e. The van der Waals surface area contributed by atoms with E-state index in [1.807, 2.05) is 13.0 Å². The van der Waals surface area contributed by atoms with E-state index in [0.717, 1.165) is 25.7 Å². The molecule has 1 aliphatic carbocycles. The number of ketones is 1. The Labute approximate surface area is 155 Å². The maximum atomic E-state index is 13.2. The molecule has 1 saturated carbocycles. The van der Waals surface area contributed by atoms with Crippen molar-refractivity contribution in [3.63, 3.8) is 0 Å². The lowest BCUT2D eigenvalue weighted by molar-refractivity contribution is -0.132. The van der Waals surface area contributed by atoms with Crippen LogP contribution in [0.4, 0.5) is 4.79 Å². The van der Waals surface area contributed by atoms with E-state index >= 15 is 0 Å². The second-order valence-electron chi connectivity index (χ2n) is 7.68. The highest BCUT2D eigenvalue weighted by Crippen LogP contribution is 2.36. The second-order valence-corrected chi connectivity index (χ2v) is 7.68. The molecule has 1 aliphatic heterocycles. The molecule has 0 aromatic heterocycles. The molecule has 0 spiro atoms. The highest BCUT2D eigenvalue weighted by Gasteiger charge is 2.49. The molecule has 1 aromatic rings. The number of urea groups is 1. The van der Waals surface area contributed by atoms with Crippen LogP contribution >= 0.6 is 0 Å². The molecule has 2 aliphatic rings. The molecule has 140 valence electrons. The minimum atomic E-state index is -0.855. The van der Waals surface area contributed by atoms with Gasteiger partial charge in [0.25, 0.3) is 0 Å². The fraction of sp³-hybridized carbons (Fsp3) is 0.571. The third-order valence-corrected chi connectivity index (χ3v) is 6.10. The fourth-order valence-electron chi connectivity index (χ4n) is 4.41. The van der Waals surface area contributed by atoms with Crippen LogP contribution in [0.3, 0.4) is 0 Å². The van der Waals surface area contributed by atoms with E-state index in [1.165, 1.54) is 11.3 Å². The van der Waals surface area contributed by atoms with Crippen LogP contribution in [0, 0.1) is 11.8 Å². The molecule has 3 rings (SSSR count). The first kappa shape index (κ1) is 18.6. The summed E-state index contributed by atoms with van der Waals surface area (Å²) < 4.78 is 0. The number of amides is 3. The van der Waals surface area contributed by atoms with Gasteiger partial charge in [0.15, 0.2) is 5.78 Å². The Bertz CT molecular complexity index is 682. The molecule has 5 nitrogen and oxygen atoms in total. The van der Waals surface area contributed by atoms with Gasteiger partial charge in [-0.2, -0.15) is 0 Å². The number of Topliss-reactive ketones (excluding diaryl/α,β-unsaturated/α-hetero) is 1. The first-order chi connectivity index (χ1) is 12.4. The summed E-state index contributed by atoms with van der Waals surface area (Å²) in [5.74, 6) is -1.12. The Morgan fingerprint density at radius 2 is 1.69 bits per heavy atom. The van der Waals surface area contributed by atoms with E-state index < -0.39 is 5.92 Å². The van der Waals surface area contributed by atoms with Gasteiger partial charge in [0.2, 0.25) is 5.91 Å². The Kier molecular flexibility index (Phi) is 5.44. The quantitative estimate of drug-likeness (QED) is 0.610. The van der Waals surface area contributed by atoms with E-state index in [0.29, 0.717) is 11.5 Å². The van der Waals surface area contributed by atoms with Gasteiger partial charge in [-0.15, -0.1) is 0 Å². The lowest BCUT2D eigenvalue weighted by Crippen LogP contribution is -2.48. The van der Waals surface area contributed by atoms with Gasteiger partial charge in [0.05, 0.1) is 18.0 Å². The number of hydrogen-bond donors (Lipinski definition) is 0. The predicted molar refractivity (Wildman–Crippen MR) is 99.8 cm³/mol. The number of imide groups is 1. The zero-order chi connectivity index (χ0) is 18.8. The molecule has 3 amide bonds. The summed E-state index contributed by atoms with van der Waals surface area (Å²) in [6.45, 7) is 3.62. The lowest BCUT2D eigenvalue weighted by Gasteiger charge is -2.34. The monoisotopic (exact) mass is 356 g/mol. The average Bonchev–Trinajstić information content (AvgIpc) is 2.91. The zero-order valence-corrected chi connectivity index (χ0v) is 15.9. The highest BCUT2D eigenvalue weighted by atomic mass is 16.2. The Hall–Kier alpha value is -2.17. The molecule has 0 N–H and O–H groups in total.